The molecule has 0 saturated heterocycles. The number of carboxylic acid groups (broad SMARTS) is 2. The van der Waals surface area contributed by atoms with Crippen LogP contribution in [0.15, 0.2) is 18.2 Å². The quantitative estimate of drug-likeness (QED) is 0.703. The lowest BCUT2D eigenvalue weighted by Gasteiger charge is -2.07. The zero-order valence-electron chi connectivity index (χ0n) is 11.2. The zero-order valence-corrected chi connectivity index (χ0v) is 11.2. The monoisotopic (exact) mass is 264 g/mol. The van der Waals surface area contributed by atoms with Gasteiger partial charge in [-0.25, -0.2) is 9.59 Å². The predicted octanol–water partition coefficient (Wildman–Crippen LogP) is 3.60. The summed E-state index contributed by atoms with van der Waals surface area (Å²) in [6.45, 7) is 2.14. The van der Waals surface area contributed by atoms with Gasteiger partial charge < -0.3 is 10.2 Å². The van der Waals surface area contributed by atoms with Gasteiger partial charge in [0.25, 0.3) is 0 Å². The Labute approximate surface area is 113 Å². The van der Waals surface area contributed by atoms with Crippen LogP contribution in [0.5, 0.6) is 0 Å². The number of rotatable bonds is 8. The Morgan fingerprint density at radius 1 is 1.00 bits per heavy atom. The van der Waals surface area contributed by atoms with Crippen LogP contribution in [0.3, 0.4) is 0 Å². The normalized spacial score (nSPS) is 10.4. The van der Waals surface area contributed by atoms with E-state index in [4.69, 9.17) is 10.2 Å². The van der Waals surface area contributed by atoms with Crippen LogP contribution in [-0.4, -0.2) is 22.2 Å². The fraction of sp³-hybridized carbons (Fsp3) is 0.467. The summed E-state index contributed by atoms with van der Waals surface area (Å²) in [5, 5.41) is 18.0. The SMILES string of the molecule is CCCCCCCc1cc(C(=O)O)ccc1C(=O)O. The molecule has 0 saturated carbocycles. The maximum atomic E-state index is 11.1. The van der Waals surface area contributed by atoms with Crippen molar-refractivity contribution in [2.75, 3.05) is 0 Å². The van der Waals surface area contributed by atoms with Gasteiger partial charge in [0.1, 0.15) is 0 Å². The van der Waals surface area contributed by atoms with Gasteiger partial charge in [0.15, 0.2) is 0 Å². The highest BCUT2D eigenvalue weighted by atomic mass is 16.4. The Morgan fingerprint density at radius 3 is 2.26 bits per heavy atom. The van der Waals surface area contributed by atoms with Crippen LogP contribution in [0.4, 0.5) is 0 Å². The van der Waals surface area contributed by atoms with E-state index in [1.165, 1.54) is 24.6 Å². The summed E-state index contributed by atoms with van der Waals surface area (Å²) in [6.07, 6.45) is 6.04. The number of aromatic carboxylic acids is 2. The van der Waals surface area contributed by atoms with Crippen LogP contribution in [0, 0.1) is 0 Å². The molecule has 0 aliphatic carbocycles. The second-order valence-corrected chi connectivity index (χ2v) is 4.65. The maximum absolute atomic E-state index is 11.1. The van der Waals surface area contributed by atoms with E-state index in [0.29, 0.717) is 12.0 Å². The molecule has 0 amide bonds. The van der Waals surface area contributed by atoms with Crippen LogP contribution in [0.1, 0.15) is 65.3 Å². The first-order valence-corrected chi connectivity index (χ1v) is 6.65. The number of unbranched alkanes of at least 4 members (excludes halogenated alkanes) is 4. The molecule has 0 aliphatic heterocycles. The van der Waals surface area contributed by atoms with Gasteiger partial charge in [-0.15, -0.1) is 0 Å². The molecule has 4 heteroatoms. The standard InChI is InChI=1S/C15H20O4/c1-2-3-4-5-6-7-11-10-12(14(16)17)8-9-13(11)15(18)19/h8-10H,2-7H2,1H3,(H,16,17)(H,18,19). The lowest BCUT2D eigenvalue weighted by atomic mass is 9.98. The van der Waals surface area contributed by atoms with Gasteiger partial charge in [-0.2, -0.15) is 0 Å². The van der Waals surface area contributed by atoms with E-state index in [9.17, 15) is 9.59 Å². The van der Waals surface area contributed by atoms with Gasteiger partial charge in [-0.3, -0.25) is 0 Å². The summed E-state index contributed by atoms with van der Waals surface area (Å²) >= 11 is 0. The van der Waals surface area contributed by atoms with Crippen LogP contribution in [0.25, 0.3) is 0 Å². The van der Waals surface area contributed by atoms with Crippen molar-refractivity contribution >= 4 is 11.9 Å². The molecule has 1 rings (SSSR count). The molecule has 0 radical (unpaired) electrons. The summed E-state index contributed by atoms with van der Waals surface area (Å²) in [6, 6.07) is 4.20. The molecular formula is C15H20O4. The van der Waals surface area contributed by atoms with Crippen molar-refractivity contribution in [1.29, 1.82) is 0 Å². The molecule has 0 aliphatic rings. The minimum Gasteiger partial charge on any atom is -0.478 e. The average Bonchev–Trinajstić information content (AvgIpc) is 2.38. The molecule has 0 atom stereocenters. The molecule has 2 N–H and O–H groups in total. The largest absolute Gasteiger partial charge is 0.478 e. The van der Waals surface area contributed by atoms with Crippen molar-refractivity contribution in [3.63, 3.8) is 0 Å². The molecule has 104 valence electrons. The third kappa shape index (κ3) is 4.73. The Bertz CT molecular complexity index is 451. The van der Waals surface area contributed by atoms with E-state index in [-0.39, 0.29) is 11.1 Å². The Morgan fingerprint density at radius 2 is 1.68 bits per heavy atom. The van der Waals surface area contributed by atoms with E-state index >= 15 is 0 Å². The molecular weight excluding hydrogens is 244 g/mol. The molecule has 0 aromatic heterocycles. The highest BCUT2D eigenvalue weighted by Gasteiger charge is 2.12. The summed E-state index contributed by atoms with van der Waals surface area (Å²) in [4.78, 5) is 22.0. The van der Waals surface area contributed by atoms with E-state index in [1.807, 2.05) is 0 Å². The number of benzene rings is 1. The number of hydrogen-bond donors (Lipinski definition) is 2. The van der Waals surface area contributed by atoms with Crippen LogP contribution >= 0.6 is 0 Å². The van der Waals surface area contributed by atoms with Crippen molar-refractivity contribution in [3.05, 3.63) is 34.9 Å². The lowest BCUT2D eigenvalue weighted by Crippen LogP contribution is -2.06. The number of aryl methyl sites for hydroxylation is 1. The molecule has 0 heterocycles. The highest BCUT2D eigenvalue weighted by molar-refractivity contribution is 5.93. The minimum absolute atomic E-state index is 0.147. The number of hydrogen-bond acceptors (Lipinski definition) is 2. The number of carboxylic acids is 2. The van der Waals surface area contributed by atoms with Crippen molar-refractivity contribution in [2.45, 2.75) is 45.4 Å². The Balaban J connectivity index is 2.74. The molecule has 0 bridgehead atoms. The maximum Gasteiger partial charge on any atom is 0.335 e. The second-order valence-electron chi connectivity index (χ2n) is 4.65. The van der Waals surface area contributed by atoms with E-state index in [1.54, 1.807) is 0 Å². The minimum atomic E-state index is -1.02. The van der Waals surface area contributed by atoms with Crippen LogP contribution in [-0.2, 0) is 6.42 Å². The average molecular weight is 264 g/mol. The first kappa shape index (κ1) is 15.2. The fourth-order valence-corrected chi connectivity index (χ4v) is 2.06. The van der Waals surface area contributed by atoms with E-state index in [0.717, 1.165) is 25.7 Å². The van der Waals surface area contributed by atoms with Crippen molar-refractivity contribution < 1.29 is 19.8 Å². The summed E-state index contributed by atoms with van der Waals surface area (Å²) in [5.74, 6) is -2.02. The first-order valence-electron chi connectivity index (χ1n) is 6.65. The smallest absolute Gasteiger partial charge is 0.335 e. The van der Waals surface area contributed by atoms with Crippen molar-refractivity contribution in [2.24, 2.45) is 0 Å². The number of carbonyl (C=O) groups is 2. The van der Waals surface area contributed by atoms with Gasteiger partial charge in [0, 0.05) is 0 Å². The van der Waals surface area contributed by atoms with Gasteiger partial charge in [-0.05, 0) is 36.6 Å². The van der Waals surface area contributed by atoms with E-state index < -0.39 is 11.9 Å². The van der Waals surface area contributed by atoms with Crippen molar-refractivity contribution in [3.8, 4) is 0 Å². The second kappa shape index (κ2) is 7.56. The Kier molecular flexibility index (Phi) is 6.06. The summed E-state index contributed by atoms with van der Waals surface area (Å²) in [5.41, 5.74) is 0.970. The Hall–Kier alpha value is -1.84. The molecule has 4 nitrogen and oxygen atoms in total. The van der Waals surface area contributed by atoms with Gasteiger partial charge in [-0.1, -0.05) is 32.6 Å². The molecule has 1 aromatic carbocycles. The third-order valence-electron chi connectivity index (χ3n) is 3.13. The van der Waals surface area contributed by atoms with Crippen LogP contribution < -0.4 is 0 Å². The fourth-order valence-electron chi connectivity index (χ4n) is 2.06. The van der Waals surface area contributed by atoms with Gasteiger partial charge in [0.05, 0.1) is 11.1 Å². The predicted molar refractivity (Wildman–Crippen MR) is 72.8 cm³/mol. The van der Waals surface area contributed by atoms with Crippen molar-refractivity contribution in [1.82, 2.24) is 0 Å². The molecule has 0 spiro atoms. The molecule has 19 heavy (non-hydrogen) atoms. The third-order valence-corrected chi connectivity index (χ3v) is 3.13. The van der Waals surface area contributed by atoms with Gasteiger partial charge >= 0.3 is 11.9 Å². The lowest BCUT2D eigenvalue weighted by molar-refractivity contribution is 0.0680. The topological polar surface area (TPSA) is 74.6 Å². The highest BCUT2D eigenvalue weighted by Crippen LogP contribution is 2.16. The molecule has 0 fully saturated rings. The van der Waals surface area contributed by atoms with Gasteiger partial charge in [0.2, 0.25) is 0 Å². The van der Waals surface area contributed by atoms with Crippen LogP contribution in [0.2, 0.25) is 0 Å². The first-order chi connectivity index (χ1) is 9.06. The molecule has 0 unspecified atom stereocenters. The summed E-state index contributed by atoms with van der Waals surface area (Å²) in [7, 11) is 0. The zero-order chi connectivity index (χ0) is 14.3. The summed E-state index contributed by atoms with van der Waals surface area (Å²) < 4.78 is 0. The molecule has 1 aromatic rings. The van der Waals surface area contributed by atoms with E-state index in [2.05, 4.69) is 6.92 Å².